The number of rotatable bonds is 5. The third kappa shape index (κ3) is 3.77. The molecule has 1 rings (SSSR count). The van der Waals surface area contributed by atoms with Gasteiger partial charge in [0.15, 0.2) is 0 Å². The van der Waals surface area contributed by atoms with Gasteiger partial charge in [-0.15, -0.1) is 24.4 Å². The first-order valence-corrected chi connectivity index (χ1v) is 5.16. The van der Waals surface area contributed by atoms with E-state index in [2.05, 4.69) is 11.8 Å². The van der Waals surface area contributed by atoms with E-state index in [1.165, 1.54) is 0 Å². The van der Waals surface area contributed by atoms with Gasteiger partial charge in [-0.05, 0) is 17.7 Å². The summed E-state index contributed by atoms with van der Waals surface area (Å²) in [6.45, 7) is 0.417. The minimum absolute atomic E-state index is 0.209. The number of halogens is 1. The first kappa shape index (κ1) is 12.3. The topological polar surface area (TPSA) is 18.5 Å². The van der Waals surface area contributed by atoms with Gasteiger partial charge in [0.1, 0.15) is 24.7 Å². The maximum atomic E-state index is 5.75. The van der Waals surface area contributed by atoms with Gasteiger partial charge in [0, 0.05) is 11.9 Å². The maximum absolute atomic E-state index is 5.75. The van der Waals surface area contributed by atoms with Crippen molar-refractivity contribution in [3.8, 4) is 36.2 Å². The fourth-order valence-electron chi connectivity index (χ4n) is 1.12. The van der Waals surface area contributed by atoms with Crippen molar-refractivity contribution < 1.29 is 9.47 Å². The summed E-state index contributed by atoms with van der Waals surface area (Å²) >= 11 is 5.75. The number of alkyl halides is 1. The number of hydrogen-bond acceptors (Lipinski definition) is 2. The fraction of sp³-hybridized carbons (Fsp3) is 0.231. The zero-order valence-corrected chi connectivity index (χ0v) is 9.46. The second kappa shape index (κ2) is 6.67. The van der Waals surface area contributed by atoms with Crippen molar-refractivity contribution in [2.75, 3.05) is 13.2 Å². The molecule has 0 radical (unpaired) electrons. The van der Waals surface area contributed by atoms with Crippen LogP contribution in [0.4, 0.5) is 0 Å². The van der Waals surface area contributed by atoms with E-state index in [1.807, 2.05) is 12.1 Å². The summed E-state index contributed by atoms with van der Waals surface area (Å²) in [5.74, 6) is 6.41. The van der Waals surface area contributed by atoms with Crippen LogP contribution in [0.3, 0.4) is 0 Å². The molecule has 0 fully saturated rings. The molecule has 0 aliphatic heterocycles. The van der Waals surface area contributed by atoms with Gasteiger partial charge in [0.05, 0.1) is 0 Å². The maximum Gasteiger partial charge on any atom is 0.148 e. The summed E-state index contributed by atoms with van der Waals surface area (Å²) in [5, 5.41) is 0. The molecule has 0 spiro atoms. The van der Waals surface area contributed by atoms with Crippen LogP contribution < -0.4 is 9.47 Å². The van der Waals surface area contributed by atoms with Crippen molar-refractivity contribution in [3.05, 3.63) is 23.8 Å². The Morgan fingerprint density at radius 1 is 1.00 bits per heavy atom. The van der Waals surface area contributed by atoms with Crippen molar-refractivity contribution in [2.45, 2.75) is 5.88 Å². The summed E-state index contributed by atoms with van der Waals surface area (Å²) in [7, 11) is 0. The fourth-order valence-corrected chi connectivity index (χ4v) is 1.28. The van der Waals surface area contributed by atoms with Gasteiger partial charge in [0.25, 0.3) is 0 Å². The highest BCUT2D eigenvalue weighted by atomic mass is 35.5. The average Bonchev–Trinajstić information content (AvgIpc) is 2.33. The first-order chi connectivity index (χ1) is 7.80. The van der Waals surface area contributed by atoms with Gasteiger partial charge in [-0.1, -0.05) is 11.8 Å². The van der Waals surface area contributed by atoms with E-state index in [1.54, 1.807) is 6.07 Å². The SMILES string of the molecule is C#CCOc1cc(CCl)cc(OCC#C)c1. The highest BCUT2D eigenvalue weighted by Crippen LogP contribution is 2.24. The smallest absolute Gasteiger partial charge is 0.148 e. The Hall–Kier alpha value is -1.77. The van der Waals surface area contributed by atoms with Crippen LogP contribution in [0.1, 0.15) is 5.56 Å². The van der Waals surface area contributed by atoms with Crippen molar-refractivity contribution in [1.82, 2.24) is 0 Å². The van der Waals surface area contributed by atoms with Crippen molar-refractivity contribution in [3.63, 3.8) is 0 Å². The third-order valence-electron chi connectivity index (χ3n) is 1.74. The molecule has 0 atom stereocenters. The number of ether oxygens (including phenoxy) is 2. The zero-order chi connectivity index (χ0) is 11.8. The molecular formula is C13H11ClO2. The Balaban J connectivity index is 2.84. The third-order valence-corrected chi connectivity index (χ3v) is 2.05. The van der Waals surface area contributed by atoms with Gasteiger partial charge in [-0.3, -0.25) is 0 Å². The van der Waals surface area contributed by atoms with E-state index < -0.39 is 0 Å². The Labute approximate surface area is 101 Å². The quantitative estimate of drug-likeness (QED) is 0.576. The van der Waals surface area contributed by atoms with E-state index in [0.29, 0.717) is 17.4 Å². The van der Waals surface area contributed by atoms with E-state index in [4.69, 9.17) is 33.9 Å². The molecule has 0 amide bonds. The van der Waals surface area contributed by atoms with Gasteiger partial charge < -0.3 is 9.47 Å². The van der Waals surface area contributed by atoms with Crippen LogP contribution in [0.5, 0.6) is 11.5 Å². The Morgan fingerprint density at radius 2 is 1.50 bits per heavy atom. The predicted molar refractivity (Wildman–Crippen MR) is 64.7 cm³/mol. The van der Waals surface area contributed by atoms with Crippen LogP contribution >= 0.6 is 11.6 Å². The second-order valence-electron chi connectivity index (χ2n) is 2.93. The van der Waals surface area contributed by atoms with Crippen LogP contribution in [-0.4, -0.2) is 13.2 Å². The molecule has 82 valence electrons. The molecule has 0 saturated carbocycles. The van der Waals surface area contributed by atoms with Gasteiger partial charge in [0.2, 0.25) is 0 Å². The second-order valence-corrected chi connectivity index (χ2v) is 3.20. The Morgan fingerprint density at radius 3 is 1.88 bits per heavy atom. The summed E-state index contributed by atoms with van der Waals surface area (Å²) in [6.07, 6.45) is 10.2. The van der Waals surface area contributed by atoms with Gasteiger partial charge in [-0.2, -0.15) is 0 Å². The molecule has 0 saturated heterocycles. The van der Waals surface area contributed by atoms with E-state index in [9.17, 15) is 0 Å². The Bertz CT molecular complexity index is 390. The summed E-state index contributed by atoms with van der Waals surface area (Å²) in [6, 6.07) is 5.35. The van der Waals surface area contributed by atoms with Crippen LogP contribution in [0.25, 0.3) is 0 Å². The van der Waals surface area contributed by atoms with Crippen LogP contribution in [0.2, 0.25) is 0 Å². The van der Waals surface area contributed by atoms with Crippen LogP contribution in [-0.2, 0) is 5.88 Å². The molecule has 3 heteroatoms. The molecule has 2 nitrogen and oxygen atoms in total. The molecule has 0 N–H and O–H groups in total. The summed E-state index contributed by atoms with van der Waals surface area (Å²) in [5.41, 5.74) is 0.892. The Kier molecular flexibility index (Phi) is 5.12. The number of terminal acetylenes is 2. The molecular weight excluding hydrogens is 224 g/mol. The van der Waals surface area contributed by atoms with E-state index >= 15 is 0 Å². The van der Waals surface area contributed by atoms with Crippen molar-refractivity contribution >= 4 is 11.6 Å². The van der Waals surface area contributed by atoms with Gasteiger partial charge in [-0.25, -0.2) is 0 Å². The molecule has 0 aliphatic rings. The number of benzene rings is 1. The normalized spacial score (nSPS) is 8.94. The van der Waals surface area contributed by atoms with Crippen molar-refractivity contribution in [1.29, 1.82) is 0 Å². The van der Waals surface area contributed by atoms with E-state index in [-0.39, 0.29) is 13.2 Å². The average molecular weight is 235 g/mol. The highest BCUT2D eigenvalue weighted by molar-refractivity contribution is 6.17. The molecule has 0 aliphatic carbocycles. The lowest BCUT2D eigenvalue weighted by Crippen LogP contribution is -1.98. The lowest BCUT2D eigenvalue weighted by molar-refractivity contribution is 0.351. The van der Waals surface area contributed by atoms with Gasteiger partial charge >= 0.3 is 0 Å². The molecule has 0 bridgehead atoms. The zero-order valence-electron chi connectivity index (χ0n) is 8.70. The van der Waals surface area contributed by atoms with Crippen LogP contribution in [0.15, 0.2) is 18.2 Å². The monoisotopic (exact) mass is 234 g/mol. The predicted octanol–water partition coefficient (Wildman–Crippen LogP) is 2.45. The molecule has 16 heavy (non-hydrogen) atoms. The van der Waals surface area contributed by atoms with Crippen molar-refractivity contribution in [2.24, 2.45) is 0 Å². The van der Waals surface area contributed by atoms with E-state index in [0.717, 1.165) is 5.56 Å². The summed E-state index contributed by atoms with van der Waals surface area (Å²) < 4.78 is 10.6. The standard InChI is InChI=1S/C13H11ClO2/c1-3-5-15-12-7-11(10-14)8-13(9-12)16-6-4-2/h1-2,7-9H,5-6,10H2. The highest BCUT2D eigenvalue weighted by Gasteiger charge is 2.02. The molecule has 1 aromatic carbocycles. The number of hydrogen-bond donors (Lipinski definition) is 0. The largest absolute Gasteiger partial charge is 0.481 e. The minimum atomic E-state index is 0.209. The first-order valence-electron chi connectivity index (χ1n) is 4.62. The summed E-state index contributed by atoms with van der Waals surface area (Å²) in [4.78, 5) is 0. The molecule has 0 heterocycles. The molecule has 0 aromatic heterocycles. The van der Waals surface area contributed by atoms with Crippen LogP contribution in [0, 0.1) is 24.7 Å². The molecule has 0 unspecified atom stereocenters. The molecule has 1 aromatic rings. The lowest BCUT2D eigenvalue weighted by atomic mass is 10.2. The lowest BCUT2D eigenvalue weighted by Gasteiger charge is -2.08. The minimum Gasteiger partial charge on any atom is -0.481 e.